The van der Waals surface area contributed by atoms with Gasteiger partial charge in [-0.1, -0.05) is 118 Å². The number of benzene rings is 1. The number of unbranched alkanes of at least 4 members (excludes halogenated alkanes) is 8. The number of rotatable bonds is 16. The van der Waals surface area contributed by atoms with E-state index in [1.165, 1.54) is 82.6 Å². The normalized spacial score (nSPS) is 15.3. The third kappa shape index (κ3) is 8.63. The van der Waals surface area contributed by atoms with E-state index < -0.39 is 0 Å². The molecule has 0 bridgehead atoms. The molecule has 2 unspecified atom stereocenters. The Labute approximate surface area is 174 Å². The van der Waals surface area contributed by atoms with E-state index in [0.29, 0.717) is 11.8 Å². The zero-order chi connectivity index (χ0) is 19.9. The van der Waals surface area contributed by atoms with E-state index in [1.54, 1.807) is 0 Å². The van der Waals surface area contributed by atoms with Crippen molar-refractivity contribution in [3.8, 4) is 0 Å². The number of nitrogens with zero attached hydrogens (tertiary/aromatic N) is 2. The maximum atomic E-state index is 4.58. The minimum Gasteiger partial charge on any atom is -0.0965 e. The van der Waals surface area contributed by atoms with E-state index in [2.05, 4.69) is 54.2 Å². The zero-order valence-corrected chi connectivity index (χ0v) is 18.3. The summed E-state index contributed by atoms with van der Waals surface area (Å²) in [6.07, 6.45) is 22.2. The van der Waals surface area contributed by atoms with Crippen molar-refractivity contribution in [3.05, 3.63) is 42.1 Å². The van der Waals surface area contributed by atoms with Gasteiger partial charge >= 0.3 is 0 Å². The summed E-state index contributed by atoms with van der Waals surface area (Å²) in [4.78, 5) is 9.16. The molecule has 0 saturated heterocycles. The second-order valence-electron chi connectivity index (χ2n) is 8.38. The molecule has 0 amide bonds. The molecule has 2 atom stereocenters. The SMILES string of the molecule is CCCCCCCCCCCC(Cc1ccccc1)C(CCC)[C+]1N=CC=N1. The number of hydrogen-bond donors (Lipinski definition) is 0. The standard InChI is InChI=1S/C26H41N2/c1-3-5-6-7-8-9-10-11-15-19-24(22-23-17-13-12-14-18-23)25(16-4-2)26-27-20-21-28-26/h12-14,17-18,20-21,24-25H,3-11,15-16,19,22H2,1-2H3/q+1. The predicted molar refractivity (Wildman–Crippen MR) is 124 cm³/mol. The van der Waals surface area contributed by atoms with Crippen molar-refractivity contribution in [2.24, 2.45) is 21.8 Å². The van der Waals surface area contributed by atoms with E-state index >= 15 is 0 Å². The Kier molecular flexibility index (Phi) is 11.7. The first-order chi connectivity index (χ1) is 13.8. The lowest BCUT2D eigenvalue weighted by molar-refractivity contribution is 0.290. The summed E-state index contributed by atoms with van der Waals surface area (Å²) in [5.74, 6) is 1.14. The van der Waals surface area contributed by atoms with Gasteiger partial charge in [0.05, 0.1) is 5.92 Å². The Bertz CT molecular complexity index is 537. The first kappa shape index (κ1) is 22.7. The first-order valence-corrected chi connectivity index (χ1v) is 11.8. The molecule has 154 valence electrons. The number of hydrogen-bond acceptors (Lipinski definition) is 2. The Morgan fingerprint density at radius 1 is 0.714 bits per heavy atom. The van der Waals surface area contributed by atoms with Crippen LogP contribution >= 0.6 is 0 Å². The molecule has 2 heteroatoms. The van der Waals surface area contributed by atoms with Crippen LogP contribution in [-0.4, -0.2) is 12.4 Å². The van der Waals surface area contributed by atoms with Crippen molar-refractivity contribution in [2.75, 3.05) is 0 Å². The highest BCUT2D eigenvalue weighted by Gasteiger charge is 2.34. The molecule has 0 spiro atoms. The van der Waals surface area contributed by atoms with E-state index in [4.69, 9.17) is 0 Å². The van der Waals surface area contributed by atoms with Gasteiger partial charge in [-0.25, -0.2) is 0 Å². The van der Waals surface area contributed by atoms with Crippen LogP contribution in [-0.2, 0) is 6.42 Å². The molecule has 0 aromatic heterocycles. The fourth-order valence-electron chi connectivity index (χ4n) is 4.41. The van der Waals surface area contributed by atoms with Crippen LogP contribution < -0.4 is 0 Å². The Hall–Kier alpha value is -1.57. The van der Waals surface area contributed by atoms with E-state index in [1.807, 2.05) is 12.4 Å². The van der Waals surface area contributed by atoms with Gasteiger partial charge in [-0.05, 0) is 30.7 Å². The summed E-state index contributed by atoms with van der Waals surface area (Å²) in [6.45, 7) is 4.58. The molecule has 1 aliphatic rings. The highest BCUT2D eigenvalue weighted by molar-refractivity contribution is 6.18. The van der Waals surface area contributed by atoms with Crippen LogP contribution in [0, 0.1) is 18.0 Å². The van der Waals surface area contributed by atoms with Crippen molar-refractivity contribution in [2.45, 2.75) is 97.3 Å². The topological polar surface area (TPSA) is 24.7 Å². The highest BCUT2D eigenvalue weighted by Crippen LogP contribution is 2.36. The summed E-state index contributed by atoms with van der Waals surface area (Å²) >= 11 is 0. The third-order valence-corrected chi connectivity index (χ3v) is 6.00. The second-order valence-corrected chi connectivity index (χ2v) is 8.38. The summed E-state index contributed by atoms with van der Waals surface area (Å²) in [5, 5.41) is 0. The smallest absolute Gasteiger partial charge is 0.0965 e. The molecule has 0 fully saturated rings. The summed E-state index contributed by atoms with van der Waals surface area (Å²) < 4.78 is 0. The van der Waals surface area contributed by atoms with Crippen LogP contribution in [0.1, 0.15) is 96.5 Å². The average Bonchev–Trinajstić information content (AvgIpc) is 3.25. The Balaban J connectivity index is 1.82. The lowest BCUT2D eigenvalue weighted by Crippen LogP contribution is -2.22. The van der Waals surface area contributed by atoms with Gasteiger partial charge in [0.1, 0.15) is 0 Å². The Morgan fingerprint density at radius 3 is 1.93 bits per heavy atom. The first-order valence-electron chi connectivity index (χ1n) is 11.8. The summed E-state index contributed by atoms with van der Waals surface area (Å²) in [5.41, 5.74) is 1.45. The van der Waals surface area contributed by atoms with Crippen LogP contribution in [0.3, 0.4) is 0 Å². The number of aliphatic imine (C=N–C) groups is 2. The van der Waals surface area contributed by atoms with Gasteiger partial charge in [-0.15, -0.1) is 0 Å². The lowest BCUT2D eigenvalue weighted by atomic mass is 9.79. The van der Waals surface area contributed by atoms with Crippen LogP contribution in [0.15, 0.2) is 40.3 Å². The molecular formula is C26H41N2+. The van der Waals surface area contributed by atoms with Crippen molar-refractivity contribution in [1.29, 1.82) is 0 Å². The molecule has 1 aliphatic heterocycles. The van der Waals surface area contributed by atoms with Gasteiger partial charge in [-0.3, -0.25) is 0 Å². The molecule has 0 radical (unpaired) electrons. The van der Waals surface area contributed by atoms with Crippen molar-refractivity contribution >= 4 is 12.4 Å². The molecular weight excluding hydrogens is 340 g/mol. The van der Waals surface area contributed by atoms with E-state index in [9.17, 15) is 0 Å². The van der Waals surface area contributed by atoms with Crippen LogP contribution in [0.2, 0.25) is 0 Å². The fourth-order valence-corrected chi connectivity index (χ4v) is 4.41. The predicted octanol–water partition coefficient (Wildman–Crippen LogP) is 7.83. The monoisotopic (exact) mass is 381 g/mol. The summed E-state index contributed by atoms with van der Waals surface area (Å²) in [6, 6.07) is 11.0. The van der Waals surface area contributed by atoms with Crippen molar-refractivity contribution in [3.63, 3.8) is 0 Å². The Morgan fingerprint density at radius 2 is 1.32 bits per heavy atom. The van der Waals surface area contributed by atoms with Gasteiger partial charge < -0.3 is 0 Å². The third-order valence-electron chi connectivity index (χ3n) is 6.00. The van der Waals surface area contributed by atoms with E-state index in [0.717, 1.165) is 12.6 Å². The second kappa shape index (κ2) is 14.4. The van der Waals surface area contributed by atoms with Gasteiger partial charge in [-0.2, -0.15) is 0 Å². The molecule has 1 aromatic rings. The maximum Gasteiger partial charge on any atom is 0.244 e. The molecule has 1 heterocycles. The minimum atomic E-state index is 0.495. The molecule has 0 N–H and O–H groups in total. The average molecular weight is 382 g/mol. The van der Waals surface area contributed by atoms with E-state index in [-0.39, 0.29) is 0 Å². The fraction of sp³-hybridized carbons (Fsp3) is 0.654. The molecule has 0 saturated carbocycles. The van der Waals surface area contributed by atoms with Crippen molar-refractivity contribution < 1.29 is 0 Å². The van der Waals surface area contributed by atoms with Gasteiger partial charge in [0, 0.05) is 0 Å². The van der Waals surface area contributed by atoms with Gasteiger partial charge in [0.2, 0.25) is 6.17 Å². The van der Waals surface area contributed by atoms with Crippen LogP contribution in [0.25, 0.3) is 0 Å². The quantitative estimate of drug-likeness (QED) is 0.206. The highest BCUT2D eigenvalue weighted by atomic mass is 15.0. The van der Waals surface area contributed by atoms with Crippen LogP contribution in [0.5, 0.6) is 0 Å². The molecule has 1 aromatic carbocycles. The van der Waals surface area contributed by atoms with Gasteiger partial charge in [0.25, 0.3) is 0 Å². The molecule has 0 aliphatic carbocycles. The van der Waals surface area contributed by atoms with Crippen molar-refractivity contribution in [1.82, 2.24) is 0 Å². The van der Waals surface area contributed by atoms with Crippen LogP contribution in [0.4, 0.5) is 0 Å². The molecule has 2 rings (SSSR count). The molecule has 2 nitrogen and oxygen atoms in total. The maximum absolute atomic E-state index is 4.58. The summed E-state index contributed by atoms with van der Waals surface area (Å²) in [7, 11) is 0. The minimum absolute atomic E-state index is 0.495. The largest absolute Gasteiger partial charge is 0.244 e. The lowest BCUT2D eigenvalue weighted by Gasteiger charge is -2.25. The molecule has 28 heavy (non-hydrogen) atoms. The zero-order valence-electron chi connectivity index (χ0n) is 18.3. The van der Waals surface area contributed by atoms with Gasteiger partial charge in [0.15, 0.2) is 12.4 Å².